The molecule has 2 aromatic rings. The van der Waals surface area contributed by atoms with Crippen LogP contribution in [0.3, 0.4) is 0 Å². The van der Waals surface area contributed by atoms with Gasteiger partial charge >= 0.3 is 0 Å². The highest BCUT2D eigenvalue weighted by Gasteiger charge is 2.16. The van der Waals surface area contributed by atoms with Gasteiger partial charge in [0.05, 0.1) is 12.1 Å². The van der Waals surface area contributed by atoms with Gasteiger partial charge in [0.25, 0.3) is 0 Å². The van der Waals surface area contributed by atoms with Gasteiger partial charge in [0, 0.05) is 11.6 Å². The van der Waals surface area contributed by atoms with E-state index in [1.165, 1.54) is 11.3 Å². The number of ether oxygens (including phenoxy) is 1. The molecule has 2 aromatic carbocycles. The van der Waals surface area contributed by atoms with Crippen LogP contribution in [0.4, 0.5) is 5.13 Å². The van der Waals surface area contributed by atoms with Crippen molar-refractivity contribution in [1.82, 2.24) is 15.2 Å². The quantitative estimate of drug-likeness (QED) is 0.521. The molecule has 0 saturated heterocycles. The number of aromatic nitrogens is 3. The molecule has 0 aliphatic carbocycles. The Balaban J connectivity index is 1.71. The lowest BCUT2D eigenvalue weighted by Crippen LogP contribution is -1.90. The second-order valence-corrected chi connectivity index (χ2v) is 6.09. The SMILES string of the molecule is CCOc1ccc2nc3sc(/N=C/c4ccccc4)nnc-3c2c1. The van der Waals surface area contributed by atoms with Crippen LogP contribution in [-0.2, 0) is 0 Å². The van der Waals surface area contributed by atoms with Crippen molar-refractivity contribution in [2.45, 2.75) is 6.92 Å². The molecular weight excluding hydrogens is 320 g/mol. The molecule has 0 bridgehead atoms. The van der Waals surface area contributed by atoms with Crippen LogP contribution in [0.5, 0.6) is 5.75 Å². The fraction of sp³-hybridized carbons (Fsp3) is 0.111. The predicted octanol–water partition coefficient (Wildman–Crippen LogP) is 4.34. The van der Waals surface area contributed by atoms with Gasteiger partial charge < -0.3 is 4.74 Å². The first kappa shape index (κ1) is 14.7. The Morgan fingerprint density at radius 2 is 2.00 bits per heavy atom. The number of hydrogen-bond donors (Lipinski definition) is 0. The van der Waals surface area contributed by atoms with Crippen molar-refractivity contribution in [2.75, 3.05) is 6.61 Å². The van der Waals surface area contributed by atoms with E-state index >= 15 is 0 Å². The average molecular weight is 334 g/mol. The van der Waals surface area contributed by atoms with E-state index in [2.05, 4.69) is 20.2 Å². The van der Waals surface area contributed by atoms with Crippen LogP contribution in [0.25, 0.3) is 21.6 Å². The lowest BCUT2D eigenvalue weighted by Gasteiger charge is -2.02. The molecule has 2 aliphatic heterocycles. The molecule has 0 amide bonds. The van der Waals surface area contributed by atoms with Crippen LogP contribution in [0.1, 0.15) is 12.5 Å². The van der Waals surface area contributed by atoms with Crippen molar-refractivity contribution < 1.29 is 4.74 Å². The summed E-state index contributed by atoms with van der Waals surface area (Å²) in [6.07, 6.45) is 1.78. The summed E-state index contributed by atoms with van der Waals surface area (Å²) in [5.74, 6) is 0.817. The zero-order valence-corrected chi connectivity index (χ0v) is 13.8. The molecule has 6 heteroatoms. The number of benzene rings is 2. The Hall–Kier alpha value is -2.86. The van der Waals surface area contributed by atoms with E-state index < -0.39 is 0 Å². The molecular formula is C18H14N4OS. The van der Waals surface area contributed by atoms with Gasteiger partial charge in [-0.15, -0.1) is 10.2 Å². The van der Waals surface area contributed by atoms with Crippen molar-refractivity contribution in [2.24, 2.45) is 4.99 Å². The summed E-state index contributed by atoms with van der Waals surface area (Å²) in [6, 6.07) is 15.7. The van der Waals surface area contributed by atoms with Crippen LogP contribution >= 0.6 is 11.3 Å². The van der Waals surface area contributed by atoms with Gasteiger partial charge in [0.15, 0.2) is 0 Å². The number of fused-ring (bicyclic) bond motifs is 3. The van der Waals surface area contributed by atoms with Crippen LogP contribution in [0.2, 0.25) is 0 Å². The third-order valence-corrected chi connectivity index (χ3v) is 4.35. The topological polar surface area (TPSA) is 60.3 Å². The van der Waals surface area contributed by atoms with E-state index in [1.54, 1.807) is 6.21 Å². The van der Waals surface area contributed by atoms with Crippen LogP contribution in [0, 0.1) is 0 Å². The molecule has 0 aromatic heterocycles. The number of hydrogen-bond acceptors (Lipinski definition) is 6. The summed E-state index contributed by atoms with van der Waals surface area (Å²) in [6.45, 7) is 2.59. The number of aliphatic imine (C=N–C) groups is 1. The molecule has 4 rings (SSSR count). The predicted molar refractivity (Wildman–Crippen MR) is 96.7 cm³/mol. The fourth-order valence-electron chi connectivity index (χ4n) is 2.42. The van der Waals surface area contributed by atoms with Crippen molar-refractivity contribution in [3.05, 3.63) is 54.1 Å². The van der Waals surface area contributed by atoms with E-state index in [1.807, 2.05) is 55.5 Å². The summed E-state index contributed by atoms with van der Waals surface area (Å²) in [7, 11) is 0. The summed E-state index contributed by atoms with van der Waals surface area (Å²) < 4.78 is 5.55. The Labute approximate surface area is 143 Å². The highest BCUT2D eigenvalue weighted by molar-refractivity contribution is 7.18. The van der Waals surface area contributed by atoms with Gasteiger partial charge in [0.2, 0.25) is 5.13 Å². The Bertz CT molecular complexity index is 981. The van der Waals surface area contributed by atoms with E-state index in [4.69, 9.17) is 4.74 Å². The maximum Gasteiger partial charge on any atom is 0.231 e. The molecule has 0 saturated carbocycles. The lowest BCUT2D eigenvalue weighted by molar-refractivity contribution is 0.341. The highest BCUT2D eigenvalue weighted by atomic mass is 32.1. The minimum atomic E-state index is 0.583. The van der Waals surface area contributed by atoms with Crippen LogP contribution in [-0.4, -0.2) is 28.0 Å². The maximum atomic E-state index is 5.55. The summed E-state index contributed by atoms with van der Waals surface area (Å²) in [5.41, 5.74) is 2.70. The molecule has 0 fully saturated rings. The van der Waals surface area contributed by atoms with Crippen molar-refractivity contribution in [3.8, 4) is 16.5 Å². The van der Waals surface area contributed by atoms with Gasteiger partial charge in [0.1, 0.15) is 16.5 Å². The molecule has 0 atom stereocenters. The van der Waals surface area contributed by atoms with E-state index in [9.17, 15) is 0 Å². The second kappa shape index (κ2) is 6.33. The molecule has 0 radical (unpaired) electrons. The molecule has 5 nitrogen and oxygen atoms in total. The highest BCUT2D eigenvalue weighted by Crippen LogP contribution is 2.36. The van der Waals surface area contributed by atoms with Crippen molar-refractivity contribution in [1.29, 1.82) is 0 Å². The number of rotatable bonds is 4. The second-order valence-electron chi connectivity index (χ2n) is 5.13. The Morgan fingerprint density at radius 3 is 2.83 bits per heavy atom. The van der Waals surface area contributed by atoms with Gasteiger partial charge in [-0.1, -0.05) is 41.7 Å². The summed E-state index contributed by atoms with van der Waals surface area (Å²) >= 11 is 1.43. The average Bonchev–Trinajstić information content (AvgIpc) is 2.98. The molecule has 0 unspecified atom stereocenters. The van der Waals surface area contributed by atoms with E-state index in [0.29, 0.717) is 11.7 Å². The minimum absolute atomic E-state index is 0.583. The first-order valence-corrected chi connectivity index (χ1v) is 8.44. The minimum Gasteiger partial charge on any atom is -0.494 e. The fourth-order valence-corrected chi connectivity index (χ4v) is 3.18. The van der Waals surface area contributed by atoms with Crippen molar-refractivity contribution >= 4 is 33.6 Å². The lowest BCUT2D eigenvalue weighted by atomic mass is 10.2. The Morgan fingerprint density at radius 1 is 1.12 bits per heavy atom. The zero-order chi connectivity index (χ0) is 16.4. The van der Waals surface area contributed by atoms with E-state index in [-0.39, 0.29) is 0 Å². The van der Waals surface area contributed by atoms with Crippen LogP contribution < -0.4 is 4.74 Å². The van der Waals surface area contributed by atoms with Gasteiger partial charge in [-0.05, 0) is 30.7 Å². The first-order valence-electron chi connectivity index (χ1n) is 7.62. The Kier molecular flexibility index (Phi) is 3.88. The standard InChI is InChI=1S/C18H14N4OS/c1-2-23-13-8-9-15-14(10-13)16-17(20-15)24-18(22-21-16)19-11-12-6-4-3-5-7-12/h3-11H,2H2,1H3/b19-11+. The first-order chi connectivity index (χ1) is 11.8. The van der Waals surface area contributed by atoms with Crippen molar-refractivity contribution in [3.63, 3.8) is 0 Å². The third kappa shape index (κ3) is 2.83. The summed E-state index contributed by atoms with van der Waals surface area (Å²) in [5, 5.41) is 10.9. The van der Waals surface area contributed by atoms with Gasteiger partial charge in [-0.25, -0.2) is 9.98 Å². The molecule has 24 heavy (non-hydrogen) atoms. The summed E-state index contributed by atoms with van der Waals surface area (Å²) in [4.78, 5) is 9.02. The maximum absolute atomic E-state index is 5.55. The number of nitrogens with zero attached hydrogens (tertiary/aromatic N) is 4. The zero-order valence-electron chi connectivity index (χ0n) is 13.0. The molecule has 2 aliphatic rings. The smallest absolute Gasteiger partial charge is 0.231 e. The van der Waals surface area contributed by atoms with Crippen LogP contribution in [0.15, 0.2) is 53.5 Å². The normalized spacial score (nSPS) is 11.5. The molecule has 118 valence electrons. The van der Waals surface area contributed by atoms with Gasteiger partial charge in [-0.2, -0.15) is 0 Å². The monoisotopic (exact) mass is 334 g/mol. The van der Waals surface area contributed by atoms with E-state index in [0.717, 1.165) is 32.9 Å². The molecule has 2 heterocycles. The third-order valence-electron chi connectivity index (χ3n) is 3.51. The molecule has 0 spiro atoms. The van der Waals surface area contributed by atoms with Gasteiger partial charge in [-0.3, -0.25) is 0 Å². The largest absolute Gasteiger partial charge is 0.494 e. The molecule has 0 N–H and O–H groups in total.